The highest BCUT2D eigenvalue weighted by molar-refractivity contribution is 6.34. The minimum atomic E-state index is -0.141. The molecule has 1 unspecified atom stereocenters. The smallest absolute Gasteiger partial charge is 0.132 e. The number of nitrogens with two attached hydrogens (primary N) is 1. The highest BCUT2D eigenvalue weighted by atomic mass is 35.5. The van der Waals surface area contributed by atoms with Gasteiger partial charge in [-0.2, -0.15) is 0 Å². The van der Waals surface area contributed by atoms with E-state index in [2.05, 4.69) is 0 Å². The van der Waals surface area contributed by atoms with Gasteiger partial charge in [-0.3, -0.25) is 5.41 Å². The van der Waals surface area contributed by atoms with Crippen LogP contribution in [0.25, 0.3) is 0 Å². The van der Waals surface area contributed by atoms with E-state index in [0.717, 1.165) is 5.56 Å². The van der Waals surface area contributed by atoms with E-state index < -0.39 is 0 Å². The van der Waals surface area contributed by atoms with Crippen molar-refractivity contribution in [3.8, 4) is 5.75 Å². The van der Waals surface area contributed by atoms with Crippen LogP contribution < -0.4 is 10.5 Å². The van der Waals surface area contributed by atoms with Crippen molar-refractivity contribution in [1.82, 2.24) is 0 Å². The molecule has 0 saturated heterocycles. The Morgan fingerprint density at radius 2 is 1.84 bits per heavy atom. The molecule has 0 aliphatic heterocycles. The van der Waals surface area contributed by atoms with E-state index in [1.807, 2.05) is 37.3 Å². The topological polar surface area (TPSA) is 59.1 Å². The first-order valence-electron chi connectivity index (χ1n) is 5.94. The summed E-state index contributed by atoms with van der Waals surface area (Å²) in [7, 11) is 0. The molecule has 98 valence electrons. The Morgan fingerprint density at radius 1 is 1.16 bits per heavy atom. The van der Waals surface area contributed by atoms with Crippen molar-refractivity contribution in [2.45, 2.75) is 13.0 Å². The Labute approximate surface area is 117 Å². The van der Waals surface area contributed by atoms with Gasteiger partial charge in [0.05, 0.1) is 10.6 Å². The minimum absolute atomic E-state index is 0.0964. The molecule has 3 nitrogen and oxygen atoms in total. The molecule has 0 spiro atoms. The summed E-state index contributed by atoms with van der Waals surface area (Å²) in [4.78, 5) is 0. The first kappa shape index (κ1) is 13.4. The molecule has 0 fully saturated rings. The Morgan fingerprint density at radius 3 is 2.47 bits per heavy atom. The predicted octanol–water partition coefficient (Wildman–Crippen LogP) is 3.76. The summed E-state index contributed by atoms with van der Waals surface area (Å²) in [5.74, 6) is 0.428. The molecule has 1 atom stereocenters. The van der Waals surface area contributed by atoms with E-state index in [4.69, 9.17) is 27.5 Å². The molecule has 0 radical (unpaired) electrons. The van der Waals surface area contributed by atoms with E-state index in [1.54, 1.807) is 18.2 Å². The quantitative estimate of drug-likeness (QED) is 0.659. The second kappa shape index (κ2) is 5.76. The number of rotatable bonds is 4. The number of benzene rings is 2. The Bertz CT molecular complexity index is 584. The Balaban J connectivity index is 2.29. The highest BCUT2D eigenvalue weighted by Gasteiger charge is 2.14. The van der Waals surface area contributed by atoms with Crippen molar-refractivity contribution in [3.05, 3.63) is 64.7 Å². The molecular weight excluding hydrogens is 260 g/mol. The SMILES string of the molecule is CC(Oc1cccc(Cl)c1C(=N)N)c1ccccc1. The van der Waals surface area contributed by atoms with Crippen LogP contribution >= 0.6 is 11.6 Å². The molecule has 19 heavy (non-hydrogen) atoms. The number of nitrogens with one attached hydrogen (secondary N) is 1. The van der Waals surface area contributed by atoms with Crippen molar-refractivity contribution in [3.63, 3.8) is 0 Å². The third-order valence-electron chi connectivity index (χ3n) is 2.82. The van der Waals surface area contributed by atoms with Gasteiger partial charge in [0.15, 0.2) is 0 Å². The zero-order valence-electron chi connectivity index (χ0n) is 10.6. The summed E-state index contributed by atoms with van der Waals surface area (Å²) in [6.45, 7) is 1.94. The van der Waals surface area contributed by atoms with Gasteiger partial charge in [-0.05, 0) is 24.6 Å². The van der Waals surface area contributed by atoms with Crippen LogP contribution in [0.5, 0.6) is 5.75 Å². The normalized spacial score (nSPS) is 11.9. The van der Waals surface area contributed by atoms with Gasteiger partial charge in [0.2, 0.25) is 0 Å². The second-order valence-corrected chi connectivity index (χ2v) is 4.60. The number of ether oxygens (including phenoxy) is 1. The third kappa shape index (κ3) is 3.06. The summed E-state index contributed by atoms with van der Waals surface area (Å²) in [6.07, 6.45) is -0.141. The van der Waals surface area contributed by atoms with Crippen molar-refractivity contribution in [2.24, 2.45) is 5.73 Å². The molecule has 0 saturated carbocycles. The summed E-state index contributed by atoms with van der Waals surface area (Å²) >= 11 is 6.05. The lowest BCUT2D eigenvalue weighted by molar-refractivity contribution is 0.226. The molecule has 0 aromatic heterocycles. The molecular formula is C15H15ClN2O. The van der Waals surface area contributed by atoms with Crippen LogP contribution in [0, 0.1) is 5.41 Å². The summed E-state index contributed by atoms with van der Waals surface area (Å²) in [6, 6.07) is 15.1. The van der Waals surface area contributed by atoms with E-state index in [-0.39, 0.29) is 11.9 Å². The monoisotopic (exact) mass is 274 g/mol. The zero-order valence-corrected chi connectivity index (χ0v) is 11.3. The second-order valence-electron chi connectivity index (χ2n) is 4.20. The summed E-state index contributed by atoms with van der Waals surface area (Å²) in [5, 5.41) is 8.00. The fourth-order valence-corrected chi connectivity index (χ4v) is 2.11. The van der Waals surface area contributed by atoms with Crippen molar-refractivity contribution >= 4 is 17.4 Å². The Hall–Kier alpha value is -2.00. The average molecular weight is 275 g/mol. The van der Waals surface area contributed by atoms with Gasteiger partial charge in [0.1, 0.15) is 17.7 Å². The lowest BCUT2D eigenvalue weighted by atomic mass is 10.1. The first-order valence-corrected chi connectivity index (χ1v) is 6.32. The summed E-state index contributed by atoms with van der Waals surface area (Å²) < 4.78 is 5.87. The predicted molar refractivity (Wildman–Crippen MR) is 78.0 cm³/mol. The van der Waals surface area contributed by atoms with Crippen LogP contribution in [0.3, 0.4) is 0 Å². The number of amidine groups is 1. The van der Waals surface area contributed by atoms with E-state index in [9.17, 15) is 0 Å². The van der Waals surface area contributed by atoms with Gasteiger partial charge in [0.25, 0.3) is 0 Å². The fourth-order valence-electron chi connectivity index (χ4n) is 1.85. The number of halogens is 1. The van der Waals surface area contributed by atoms with Crippen LogP contribution in [0.15, 0.2) is 48.5 Å². The highest BCUT2D eigenvalue weighted by Crippen LogP contribution is 2.29. The molecule has 2 aromatic carbocycles. The third-order valence-corrected chi connectivity index (χ3v) is 3.13. The van der Waals surface area contributed by atoms with E-state index >= 15 is 0 Å². The average Bonchev–Trinajstić information content (AvgIpc) is 2.39. The van der Waals surface area contributed by atoms with Crippen LogP contribution in [-0.2, 0) is 0 Å². The fraction of sp³-hybridized carbons (Fsp3) is 0.133. The van der Waals surface area contributed by atoms with E-state index in [0.29, 0.717) is 16.3 Å². The molecule has 2 rings (SSSR count). The minimum Gasteiger partial charge on any atom is -0.485 e. The maximum Gasteiger partial charge on any atom is 0.132 e. The van der Waals surface area contributed by atoms with Gasteiger partial charge < -0.3 is 10.5 Å². The van der Waals surface area contributed by atoms with Gasteiger partial charge in [0, 0.05) is 0 Å². The van der Waals surface area contributed by atoms with Crippen molar-refractivity contribution < 1.29 is 4.74 Å². The van der Waals surface area contributed by atoms with Crippen molar-refractivity contribution in [2.75, 3.05) is 0 Å². The number of hydrogen-bond donors (Lipinski definition) is 2. The van der Waals surface area contributed by atoms with Crippen molar-refractivity contribution in [1.29, 1.82) is 5.41 Å². The van der Waals surface area contributed by atoms with Gasteiger partial charge in [-0.25, -0.2) is 0 Å². The standard InChI is InChI=1S/C15H15ClN2O/c1-10(11-6-3-2-4-7-11)19-13-9-5-8-12(16)14(13)15(17)18/h2-10H,1H3,(H3,17,18). The molecule has 0 aliphatic rings. The maximum atomic E-state index is 7.58. The van der Waals surface area contributed by atoms with Gasteiger partial charge >= 0.3 is 0 Å². The molecule has 3 N–H and O–H groups in total. The molecule has 4 heteroatoms. The largest absolute Gasteiger partial charge is 0.485 e. The molecule has 0 aliphatic carbocycles. The maximum absolute atomic E-state index is 7.58. The molecule has 2 aromatic rings. The van der Waals surface area contributed by atoms with E-state index in [1.165, 1.54) is 0 Å². The summed E-state index contributed by atoms with van der Waals surface area (Å²) in [5.41, 5.74) is 7.04. The van der Waals surface area contributed by atoms with Crippen LogP contribution in [-0.4, -0.2) is 5.84 Å². The molecule has 0 amide bonds. The zero-order chi connectivity index (χ0) is 13.8. The van der Waals surface area contributed by atoms with Gasteiger partial charge in [-0.1, -0.05) is 48.0 Å². The lowest BCUT2D eigenvalue weighted by Gasteiger charge is -2.18. The van der Waals surface area contributed by atoms with Crippen LogP contribution in [0.4, 0.5) is 0 Å². The van der Waals surface area contributed by atoms with Crippen LogP contribution in [0.1, 0.15) is 24.2 Å². The van der Waals surface area contributed by atoms with Gasteiger partial charge in [-0.15, -0.1) is 0 Å². The lowest BCUT2D eigenvalue weighted by Crippen LogP contribution is -2.15. The number of nitrogen functional groups attached to an aromatic ring is 1. The number of hydrogen-bond acceptors (Lipinski definition) is 2. The van der Waals surface area contributed by atoms with Crippen LogP contribution in [0.2, 0.25) is 5.02 Å². The first-order chi connectivity index (χ1) is 9.09. The Kier molecular flexibility index (Phi) is 4.07. The molecule has 0 bridgehead atoms. The molecule has 0 heterocycles.